The summed E-state index contributed by atoms with van der Waals surface area (Å²) in [5.74, 6) is 1.23. The lowest BCUT2D eigenvalue weighted by molar-refractivity contribution is -0.124. The molecule has 9 nitrogen and oxygen atoms in total. The maximum absolute atomic E-state index is 12.0. The summed E-state index contributed by atoms with van der Waals surface area (Å²) in [6.45, 7) is 3.96. The average molecular weight is 395 g/mol. The molecule has 1 saturated carbocycles. The molecule has 9 heteroatoms. The quantitative estimate of drug-likeness (QED) is 0.586. The second kappa shape index (κ2) is 7.14. The van der Waals surface area contributed by atoms with Crippen LogP contribution in [0.5, 0.6) is 0 Å². The van der Waals surface area contributed by atoms with E-state index >= 15 is 0 Å². The molecule has 2 aromatic rings. The van der Waals surface area contributed by atoms with Crippen molar-refractivity contribution in [3.63, 3.8) is 0 Å². The fourth-order valence-electron chi connectivity index (χ4n) is 3.85. The van der Waals surface area contributed by atoms with Crippen LogP contribution in [0.1, 0.15) is 31.2 Å². The van der Waals surface area contributed by atoms with E-state index in [9.17, 15) is 9.59 Å². The maximum atomic E-state index is 12.0. The monoisotopic (exact) mass is 395 g/mol. The summed E-state index contributed by atoms with van der Waals surface area (Å²) in [4.78, 5) is 33.1. The van der Waals surface area contributed by atoms with Crippen LogP contribution in [-0.2, 0) is 9.59 Å². The summed E-state index contributed by atoms with van der Waals surface area (Å²) >= 11 is 0. The molecule has 0 radical (unpaired) electrons. The smallest absolute Gasteiger partial charge is 0.254 e. The van der Waals surface area contributed by atoms with Gasteiger partial charge < -0.3 is 15.1 Å². The number of anilines is 2. The van der Waals surface area contributed by atoms with E-state index in [1.807, 2.05) is 0 Å². The number of rotatable bonds is 4. The van der Waals surface area contributed by atoms with Gasteiger partial charge in [-0.2, -0.15) is 9.61 Å². The fourth-order valence-corrected chi connectivity index (χ4v) is 3.85. The van der Waals surface area contributed by atoms with Crippen molar-refractivity contribution in [2.75, 3.05) is 43.4 Å². The van der Waals surface area contributed by atoms with Crippen LogP contribution in [-0.4, -0.2) is 70.6 Å². The van der Waals surface area contributed by atoms with E-state index in [2.05, 4.69) is 38.6 Å². The molecule has 0 unspecified atom stereocenters. The molecule has 2 saturated heterocycles. The molecular weight excluding hydrogens is 370 g/mol. The Hall–Kier alpha value is -2.94. The number of hydrogen-bond donors (Lipinski definition) is 2. The molecule has 29 heavy (non-hydrogen) atoms. The van der Waals surface area contributed by atoms with Gasteiger partial charge in [-0.15, -0.1) is 0 Å². The molecule has 1 aliphatic carbocycles. The second-order valence-electron chi connectivity index (χ2n) is 8.12. The van der Waals surface area contributed by atoms with Crippen LogP contribution >= 0.6 is 0 Å². The second-order valence-corrected chi connectivity index (χ2v) is 8.12. The minimum absolute atomic E-state index is 0.0987. The number of nitrogens with zero attached hydrogens (tertiary/aromatic N) is 5. The van der Waals surface area contributed by atoms with Crippen molar-refractivity contribution in [1.82, 2.24) is 24.8 Å². The topological polar surface area (TPSA) is 94.9 Å². The minimum atomic E-state index is -0.336. The number of amides is 2. The van der Waals surface area contributed by atoms with Crippen LogP contribution in [0.3, 0.4) is 0 Å². The minimum Gasteiger partial charge on any atom is -0.367 e. The van der Waals surface area contributed by atoms with Gasteiger partial charge in [0.1, 0.15) is 11.6 Å². The van der Waals surface area contributed by atoms with Crippen molar-refractivity contribution in [3.05, 3.63) is 23.4 Å². The summed E-state index contributed by atoms with van der Waals surface area (Å²) in [6, 6.07) is 2.56. The Morgan fingerprint density at radius 1 is 1.21 bits per heavy atom. The Kier molecular flexibility index (Phi) is 4.46. The number of hydrogen-bond acceptors (Lipinski definition) is 7. The van der Waals surface area contributed by atoms with Gasteiger partial charge >= 0.3 is 0 Å². The van der Waals surface area contributed by atoms with Crippen LogP contribution in [0.2, 0.25) is 0 Å². The van der Waals surface area contributed by atoms with Gasteiger partial charge in [-0.1, -0.05) is 0 Å². The van der Waals surface area contributed by atoms with E-state index < -0.39 is 0 Å². The van der Waals surface area contributed by atoms with Gasteiger partial charge in [-0.25, -0.2) is 4.98 Å². The fraction of sp³-hybridized carbons (Fsp3) is 0.500. The highest BCUT2D eigenvalue weighted by atomic mass is 16.2. The first-order valence-electron chi connectivity index (χ1n) is 10.2. The molecule has 3 aliphatic rings. The summed E-state index contributed by atoms with van der Waals surface area (Å²) < 4.78 is 1.80. The van der Waals surface area contributed by atoms with Crippen LogP contribution in [0.4, 0.5) is 11.6 Å². The summed E-state index contributed by atoms with van der Waals surface area (Å²) in [6.07, 6.45) is 6.96. The molecule has 3 fully saturated rings. The van der Waals surface area contributed by atoms with Gasteiger partial charge in [0.05, 0.1) is 12.6 Å². The van der Waals surface area contributed by atoms with Crippen molar-refractivity contribution in [2.45, 2.75) is 31.7 Å². The zero-order valence-electron chi connectivity index (χ0n) is 16.5. The standard InChI is InChI=1S/C20H25N7O2/c1-25-5-2-6-26(8-7-25)16-11-17(22-15-3-4-15)27-19(23-16)14(12-21-27)9-13-10-18(28)24-20(13)29/h9,11-12,15,22H,2-8,10H2,1H3,(H,24,28,29)/b13-9+. The van der Waals surface area contributed by atoms with Crippen LogP contribution in [0.25, 0.3) is 11.7 Å². The average Bonchev–Trinajstić information content (AvgIpc) is 3.38. The summed E-state index contributed by atoms with van der Waals surface area (Å²) in [5.41, 5.74) is 1.89. The Labute approximate surface area is 168 Å². The number of nitrogens with one attached hydrogen (secondary N) is 2. The molecule has 2 aliphatic heterocycles. The molecule has 2 aromatic heterocycles. The van der Waals surface area contributed by atoms with E-state index in [1.165, 1.54) is 0 Å². The molecule has 5 rings (SSSR count). The van der Waals surface area contributed by atoms with E-state index in [1.54, 1.807) is 16.8 Å². The van der Waals surface area contributed by atoms with Crippen molar-refractivity contribution >= 4 is 35.2 Å². The van der Waals surface area contributed by atoms with Gasteiger partial charge in [0, 0.05) is 42.9 Å². The predicted octanol–water partition coefficient (Wildman–Crippen LogP) is 0.875. The number of imide groups is 1. The number of fused-ring (bicyclic) bond motifs is 1. The molecule has 152 valence electrons. The molecule has 0 atom stereocenters. The normalized spacial score (nSPS) is 22.4. The maximum Gasteiger partial charge on any atom is 0.254 e. The Morgan fingerprint density at radius 3 is 2.83 bits per heavy atom. The van der Waals surface area contributed by atoms with Gasteiger partial charge in [-0.3, -0.25) is 14.9 Å². The van der Waals surface area contributed by atoms with Gasteiger partial charge in [0.25, 0.3) is 5.91 Å². The van der Waals surface area contributed by atoms with Crippen LogP contribution < -0.4 is 15.5 Å². The molecule has 0 aromatic carbocycles. The van der Waals surface area contributed by atoms with E-state index in [4.69, 9.17) is 4.98 Å². The molecule has 2 amide bonds. The van der Waals surface area contributed by atoms with Crippen LogP contribution in [0, 0.1) is 0 Å². The predicted molar refractivity (Wildman–Crippen MR) is 110 cm³/mol. The number of likely N-dealkylation sites (N-methyl/N-ethyl adjacent to an activating group) is 1. The Balaban J connectivity index is 1.56. The van der Waals surface area contributed by atoms with Crippen LogP contribution in [0.15, 0.2) is 17.8 Å². The highest BCUT2D eigenvalue weighted by Crippen LogP contribution is 2.29. The van der Waals surface area contributed by atoms with Gasteiger partial charge in [0.2, 0.25) is 5.91 Å². The molecule has 0 bridgehead atoms. The summed E-state index contributed by atoms with van der Waals surface area (Å²) in [5, 5.41) is 10.4. The van der Waals surface area contributed by atoms with Crippen molar-refractivity contribution in [3.8, 4) is 0 Å². The number of aromatic nitrogens is 3. The van der Waals surface area contributed by atoms with E-state index in [-0.39, 0.29) is 18.2 Å². The number of carbonyl (C=O) groups is 2. The zero-order valence-corrected chi connectivity index (χ0v) is 16.5. The van der Waals surface area contributed by atoms with Gasteiger partial charge in [-0.05, 0) is 38.9 Å². The summed E-state index contributed by atoms with van der Waals surface area (Å²) in [7, 11) is 2.15. The van der Waals surface area contributed by atoms with E-state index in [0.29, 0.717) is 17.3 Å². The van der Waals surface area contributed by atoms with Crippen molar-refractivity contribution in [2.24, 2.45) is 0 Å². The van der Waals surface area contributed by atoms with Crippen molar-refractivity contribution < 1.29 is 9.59 Å². The third-order valence-electron chi connectivity index (χ3n) is 5.68. The lowest BCUT2D eigenvalue weighted by atomic mass is 10.1. The first-order valence-corrected chi connectivity index (χ1v) is 10.2. The zero-order chi connectivity index (χ0) is 20.0. The third-order valence-corrected chi connectivity index (χ3v) is 5.68. The third kappa shape index (κ3) is 3.69. The molecule has 0 spiro atoms. The molecule has 4 heterocycles. The first-order chi connectivity index (χ1) is 14.1. The largest absolute Gasteiger partial charge is 0.367 e. The molecule has 2 N–H and O–H groups in total. The lowest BCUT2D eigenvalue weighted by Crippen LogP contribution is -2.29. The highest BCUT2D eigenvalue weighted by molar-refractivity contribution is 6.15. The molecular formula is C20H25N7O2. The lowest BCUT2D eigenvalue weighted by Gasteiger charge is -2.23. The number of carbonyl (C=O) groups excluding carboxylic acids is 2. The van der Waals surface area contributed by atoms with Crippen molar-refractivity contribution in [1.29, 1.82) is 0 Å². The first kappa shape index (κ1) is 18.1. The highest BCUT2D eigenvalue weighted by Gasteiger charge is 2.26. The Morgan fingerprint density at radius 2 is 2.07 bits per heavy atom. The van der Waals surface area contributed by atoms with E-state index in [0.717, 1.165) is 62.6 Å². The van der Waals surface area contributed by atoms with Gasteiger partial charge in [0.15, 0.2) is 5.65 Å². The Bertz CT molecular complexity index is 1010. The SMILES string of the molecule is CN1CCCN(c2cc(NC3CC3)n3ncc(/C=C4\CC(=O)NC4=O)c3n2)CC1.